The largest absolute Gasteiger partial charge is 0.497 e. The van der Waals surface area contributed by atoms with Crippen molar-refractivity contribution in [2.45, 2.75) is 19.1 Å². The molecule has 2 N–H and O–H groups in total. The summed E-state index contributed by atoms with van der Waals surface area (Å²) in [5.74, 6) is 0.471. The molecule has 0 amide bonds. The van der Waals surface area contributed by atoms with Gasteiger partial charge in [-0.3, -0.25) is 4.79 Å². The number of hydrogen-bond donors (Lipinski definition) is 1. The average molecular weight is 285 g/mol. The van der Waals surface area contributed by atoms with E-state index in [1.165, 1.54) is 0 Å². The molecule has 1 unspecified atom stereocenters. The van der Waals surface area contributed by atoms with Gasteiger partial charge in [0.05, 0.1) is 13.5 Å². The standard InChI is InChI=1S/C17H19NO3/c1-20-15-9-7-13(8-10-15)12-21-17(19)11-16(18)14-5-3-2-4-6-14/h2-10,16H,11-12,18H2,1H3. The molecule has 0 aliphatic carbocycles. The number of benzene rings is 2. The first-order valence-electron chi connectivity index (χ1n) is 6.78. The van der Waals surface area contributed by atoms with Crippen LogP contribution in [0.3, 0.4) is 0 Å². The second-order valence-corrected chi connectivity index (χ2v) is 4.73. The van der Waals surface area contributed by atoms with E-state index >= 15 is 0 Å². The quantitative estimate of drug-likeness (QED) is 0.829. The Kier molecular flexibility index (Phi) is 5.35. The molecule has 4 heteroatoms. The monoisotopic (exact) mass is 285 g/mol. The topological polar surface area (TPSA) is 61.5 Å². The van der Waals surface area contributed by atoms with E-state index in [2.05, 4.69) is 0 Å². The van der Waals surface area contributed by atoms with Crippen LogP contribution in [0, 0.1) is 0 Å². The third kappa shape index (κ3) is 4.61. The highest BCUT2D eigenvalue weighted by Crippen LogP contribution is 2.15. The van der Waals surface area contributed by atoms with E-state index in [4.69, 9.17) is 15.2 Å². The van der Waals surface area contributed by atoms with E-state index in [9.17, 15) is 4.79 Å². The van der Waals surface area contributed by atoms with Crippen molar-refractivity contribution in [1.82, 2.24) is 0 Å². The van der Waals surface area contributed by atoms with Crippen LogP contribution in [-0.2, 0) is 16.1 Å². The normalized spacial score (nSPS) is 11.7. The molecule has 2 aromatic carbocycles. The minimum absolute atomic E-state index is 0.167. The van der Waals surface area contributed by atoms with Gasteiger partial charge < -0.3 is 15.2 Å². The molecule has 110 valence electrons. The summed E-state index contributed by atoms with van der Waals surface area (Å²) in [6.07, 6.45) is 0.167. The maximum atomic E-state index is 11.8. The minimum Gasteiger partial charge on any atom is -0.497 e. The van der Waals surface area contributed by atoms with Gasteiger partial charge in [-0.2, -0.15) is 0 Å². The van der Waals surface area contributed by atoms with E-state index in [1.54, 1.807) is 7.11 Å². The molecule has 2 aromatic rings. The zero-order valence-electron chi connectivity index (χ0n) is 12.0. The van der Waals surface area contributed by atoms with Gasteiger partial charge in [0.1, 0.15) is 12.4 Å². The lowest BCUT2D eigenvalue weighted by Crippen LogP contribution is -2.17. The lowest BCUT2D eigenvalue weighted by molar-refractivity contribution is -0.145. The first-order valence-corrected chi connectivity index (χ1v) is 6.78. The Morgan fingerprint density at radius 2 is 1.76 bits per heavy atom. The van der Waals surface area contributed by atoms with Crippen molar-refractivity contribution >= 4 is 5.97 Å². The van der Waals surface area contributed by atoms with E-state index in [1.807, 2.05) is 54.6 Å². The Morgan fingerprint density at radius 3 is 2.38 bits per heavy atom. The summed E-state index contributed by atoms with van der Waals surface area (Å²) in [5.41, 5.74) is 7.83. The van der Waals surface area contributed by atoms with E-state index in [0.717, 1.165) is 16.9 Å². The van der Waals surface area contributed by atoms with Crippen LogP contribution in [0.4, 0.5) is 0 Å². The van der Waals surface area contributed by atoms with Gasteiger partial charge in [-0.05, 0) is 23.3 Å². The minimum atomic E-state index is -0.338. The summed E-state index contributed by atoms with van der Waals surface area (Å²) in [7, 11) is 1.61. The summed E-state index contributed by atoms with van der Waals surface area (Å²) < 4.78 is 10.3. The Morgan fingerprint density at radius 1 is 1.10 bits per heavy atom. The molecule has 0 bridgehead atoms. The molecule has 21 heavy (non-hydrogen) atoms. The highest BCUT2D eigenvalue weighted by Gasteiger charge is 2.12. The predicted molar refractivity (Wildman–Crippen MR) is 80.8 cm³/mol. The van der Waals surface area contributed by atoms with Gasteiger partial charge in [0, 0.05) is 6.04 Å². The molecule has 4 nitrogen and oxygen atoms in total. The van der Waals surface area contributed by atoms with Crippen LogP contribution in [-0.4, -0.2) is 13.1 Å². The van der Waals surface area contributed by atoms with Crippen LogP contribution >= 0.6 is 0 Å². The first kappa shape index (κ1) is 15.1. The Balaban J connectivity index is 1.81. The van der Waals surface area contributed by atoms with Gasteiger partial charge in [-0.1, -0.05) is 42.5 Å². The molecule has 0 saturated heterocycles. The summed E-state index contributed by atoms with van der Waals surface area (Å²) in [6, 6.07) is 16.6. The zero-order valence-corrected chi connectivity index (χ0v) is 12.0. The highest BCUT2D eigenvalue weighted by molar-refractivity contribution is 5.70. The number of carbonyl (C=O) groups is 1. The van der Waals surface area contributed by atoms with E-state index < -0.39 is 0 Å². The lowest BCUT2D eigenvalue weighted by atomic mass is 10.1. The van der Waals surface area contributed by atoms with Crippen molar-refractivity contribution in [2.24, 2.45) is 5.73 Å². The molecule has 0 aliphatic rings. The van der Waals surface area contributed by atoms with Crippen LogP contribution in [0.25, 0.3) is 0 Å². The molecule has 1 atom stereocenters. The highest BCUT2D eigenvalue weighted by atomic mass is 16.5. The van der Waals surface area contributed by atoms with Crippen molar-refractivity contribution < 1.29 is 14.3 Å². The molecule has 0 spiro atoms. The molecule has 0 aliphatic heterocycles. The van der Waals surface area contributed by atoms with Gasteiger partial charge in [0.15, 0.2) is 0 Å². The fraction of sp³-hybridized carbons (Fsp3) is 0.235. The van der Waals surface area contributed by atoms with Crippen LogP contribution in [0.2, 0.25) is 0 Å². The smallest absolute Gasteiger partial charge is 0.308 e. The van der Waals surface area contributed by atoms with Crippen molar-refractivity contribution in [1.29, 1.82) is 0 Å². The number of carbonyl (C=O) groups excluding carboxylic acids is 1. The maximum Gasteiger partial charge on any atom is 0.308 e. The number of hydrogen-bond acceptors (Lipinski definition) is 4. The van der Waals surface area contributed by atoms with Crippen LogP contribution in [0.15, 0.2) is 54.6 Å². The molecule has 0 fully saturated rings. The van der Waals surface area contributed by atoms with Gasteiger partial charge in [-0.15, -0.1) is 0 Å². The van der Waals surface area contributed by atoms with Crippen molar-refractivity contribution in [3.8, 4) is 5.75 Å². The van der Waals surface area contributed by atoms with Gasteiger partial charge in [0.2, 0.25) is 0 Å². The summed E-state index contributed by atoms with van der Waals surface area (Å²) >= 11 is 0. The fourth-order valence-electron chi connectivity index (χ4n) is 1.94. The number of rotatable bonds is 6. The average Bonchev–Trinajstić information content (AvgIpc) is 2.54. The van der Waals surface area contributed by atoms with Crippen LogP contribution in [0.1, 0.15) is 23.6 Å². The third-order valence-corrected chi connectivity index (χ3v) is 3.17. The third-order valence-electron chi connectivity index (χ3n) is 3.17. The zero-order chi connectivity index (χ0) is 15.1. The fourth-order valence-corrected chi connectivity index (χ4v) is 1.94. The maximum absolute atomic E-state index is 11.8. The molecular formula is C17H19NO3. The number of methoxy groups -OCH3 is 1. The summed E-state index contributed by atoms with van der Waals surface area (Å²) in [4.78, 5) is 11.8. The molecular weight excluding hydrogens is 266 g/mol. The second kappa shape index (κ2) is 7.45. The van der Waals surface area contributed by atoms with Crippen molar-refractivity contribution in [3.05, 3.63) is 65.7 Å². The lowest BCUT2D eigenvalue weighted by Gasteiger charge is -2.11. The van der Waals surface area contributed by atoms with Crippen molar-refractivity contribution in [3.63, 3.8) is 0 Å². The summed E-state index contributed by atoms with van der Waals surface area (Å²) in [5, 5.41) is 0. The molecule has 0 aromatic heterocycles. The Hall–Kier alpha value is -2.33. The number of esters is 1. The Labute approximate surface area is 124 Å². The predicted octanol–water partition coefficient (Wildman–Crippen LogP) is 2.83. The van der Waals surface area contributed by atoms with Gasteiger partial charge in [-0.25, -0.2) is 0 Å². The first-order chi connectivity index (χ1) is 10.2. The summed E-state index contributed by atoms with van der Waals surface area (Å²) in [6.45, 7) is 0.240. The molecule has 0 saturated carbocycles. The van der Waals surface area contributed by atoms with Crippen LogP contribution < -0.4 is 10.5 Å². The second-order valence-electron chi connectivity index (χ2n) is 4.73. The molecule has 0 heterocycles. The number of ether oxygens (including phenoxy) is 2. The molecule has 2 rings (SSSR count). The van der Waals surface area contributed by atoms with E-state index in [-0.39, 0.29) is 25.0 Å². The van der Waals surface area contributed by atoms with Gasteiger partial charge in [0.25, 0.3) is 0 Å². The molecule has 0 radical (unpaired) electrons. The van der Waals surface area contributed by atoms with E-state index in [0.29, 0.717) is 0 Å². The SMILES string of the molecule is COc1ccc(COC(=O)CC(N)c2ccccc2)cc1. The number of nitrogens with two attached hydrogens (primary N) is 1. The van der Waals surface area contributed by atoms with Crippen molar-refractivity contribution in [2.75, 3.05) is 7.11 Å². The van der Waals surface area contributed by atoms with Gasteiger partial charge >= 0.3 is 5.97 Å². The van der Waals surface area contributed by atoms with Crippen LogP contribution in [0.5, 0.6) is 5.75 Å². The Bertz CT molecular complexity index is 566.